The van der Waals surface area contributed by atoms with Gasteiger partial charge < -0.3 is 14.5 Å². The highest BCUT2D eigenvalue weighted by Crippen LogP contribution is 2.40. The highest BCUT2D eigenvalue weighted by molar-refractivity contribution is 9.10. The summed E-state index contributed by atoms with van der Waals surface area (Å²) in [5.74, 6) is 0.0768. The van der Waals surface area contributed by atoms with Crippen LogP contribution in [0.1, 0.15) is 20.8 Å². The molecule has 0 spiro atoms. The van der Waals surface area contributed by atoms with Gasteiger partial charge in [0.05, 0.1) is 12.7 Å². The second-order valence-electron chi connectivity index (χ2n) is 6.66. The first-order chi connectivity index (χ1) is 14.9. The maximum atomic E-state index is 12.9. The monoisotopic (exact) mass is 494 g/mol. The molecule has 0 atom stereocenters. The Labute approximate surface area is 189 Å². The van der Waals surface area contributed by atoms with Crippen molar-refractivity contribution in [1.29, 1.82) is 5.26 Å². The second kappa shape index (κ2) is 8.38. The molecule has 0 aliphatic heterocycles. The van der Waals surface area contributed by atoms with Crippen LogP contribution in [0.2, 0.25) is 0 Å². The SMILES string of the molecule is COc1ccc(-c2c(C)sc(NC(=O)c3cc4cc(Br)ccc4oc3=O)c2C#N)cc1. The van der Waals surface area contributed by atoms with Crippen LogP contribution in [0.15, 0.2) is 62.2 Å². The van der Waals surface area contributed by atoms with Crippen LogP contribution in [0.5, 0.6) is 5.75 Å². The number of carbonyl (C=O) groups excluding carboxylic acids is 1. The van der Waals surface area contributed by atoms with E-state index in [1.54, 1.807) is 25.3 Å². The molecule has 2 aromatic heterocycles. The van der Waals surface area contributed by atoms with E-state index in [1.807, 2.05) is 31.2 Å². The van der Waals surface area contributed by atoms with Gasteiger partial charge in [0.15, 0.2) is 0 Å². The van der Waals surface area contributed by atoms with Gasteiger partial charge in [-0.05, 0) is 48.9 Å². The van der Waals surface area contributed by atoms with Crippen molar-refractivity contribution in [2.24, 2.45) is 0 Å². The molecule has 0 aliphatic rings. The minimum Gasteiger partial charge on any atom is -0.497 e. The van der Waals surface area contributed by atoms with Crippen molar-refractivity contribution in [3.05, 3.63) is 79.4 Å². The number of nitrogens with zero attached hydrogens (tertiary/aromatic N) is 1. The van der Waals surface area contributed by atoms with Gasteiger partial charge in [0.2, 0.25) is 0 Å². The van der Waals surface area contributed by atoms with E-state index in [2.05, 4.69) is 27.3 Å². The molecule has 2 aromatic carbocycles. The zero-order valence-electron chi connectivity index (χ0n) is 16.5. The Kier molecular flexibility index (Phi) is 5.63. The van der Waals surface area contributed by atoms with Gasteiger partial charge in [-0.15, -0.1) is 11.3 Å². The topological polar surface area (TPSA) is 92.3 Å². The van der Waals surface area contributed by atoms with Gasteiger partial charge in [-0.2, -0.15) is 5.26 Å². The van der Waals surface area contributed by atoms with E-state index >= 15 is 0 Å². The Morgan fingerprint density at radius 1 is 1.19 bits per heavy atom. The predicted molar refractivity (Wildman–Crippen MR) is 124 cm³/mol. The van der Waals surface area contributed by atoms with Crippen molar-refractivity contribution in [3.63, 3.8) is 0 Å². The van der Waals surface area contributed by atoms with Crippen LogP contribution < -0.4 is 15.7 Å². The van der Waals surface area contributed by atoms with E-state index in [-0.39, 0.29) is 5.56 Å². The van der Waals surface area contributed by atoms with Crippen LogP contribution in [-0.2, 0) is 0 Å². The van der Waals surface area contributed by atoms with Crippen LogP contribution in [-0.4, -0.2) is 13.0 Å². The summed E-state index contributed by atoms with van der Waals surface area (Å²) in [6.07, 6.45) is 0. The molecule has 1 amide bonds. The summed E-state index contributed by atoms with van der Waals surface area (Å²) in [5, 5.41) is 13.5. The number of hydrogen-bond acceptors (Lipinski definition) is 6. The molecule has 154 valence electrons. The summed E-state index contributed by atoms with van der Waals surface area (Å²) in [7, 11) is 1.58. The van der Waals surface area contributed by atoms with E-state index in [0.717, 1.165) is 20.5 Å². The summed E-state index contributed by atoms with van der Waals surface area (Å²) in [6.45, 7) is 1.88. The standard InChI is InChI=1S/C23H15BrN2O4S/c1-12-20(13-3-6-16(29-2)7-4-13)18(11-25)22(31-12)26-21(27)17-10-14-9-15(24)5-8-19(14)30-23(17)28/h3-10H,1-2H3,(H,26,27). The van der Waals surface area contributed by atoms with Gasteiger partial charge in [-0.25, -0.2) is 4.79 Å². The number of carbonyl (C=O) groups is 1. The summed E-state index contributed by atoms with van der Waals surface area (Å²) < 4.78 is 11.3. The van der Waals surface area contributed by atoms with Crippen molar-refractivity contribution in [2.45, 2.75) is 6.92 Å². The second-order valence-corrected chi connectivity index (χ2v) is 8.80. The average molecular weight is 495 g/mol. The Morgan fingerprint density at radius 3 is 2.61 bits per heavy atom. The summed E-state index contributed by atoms with van der Waals surface area (Å²) >= 11 is 4.64. The lowest BCUT2D eigenvalue weighted by atomic mass is 10.0. The third kappa shape index (κ3) is 3.98. The Balaban J connectivity index is 1.72. The van der Waals surface area contributed by atoms with E-state index in [9.17, 15) is 14.9 Å². The fraction of sp³-hybridized carbons (Fsp3) is 0.0870. The number of amides is 1. The van der Waals surface area contributed by atoms with E-state index in [1.165, 1.54) is 17.4 Å². The summed E-state index contributed by atoms with van der Waals surface area (Å²) in [5.41, 5.74) is 1.42. The number of hydrogen-bond donors (Lipinski definition) is 1. The minimum atomic E-state index is -0.741. The van der Waals surface area contributed by atoms with Gasteiger partial charge >= 0.3 is 5.63 Å². The first-order valence-electron chi connectivity index (χ1n) is 9.14. The fourth-order valence-corrected chi connectivity index (χ4v) is 4.67. The highest BCUT2D eigenvalue weighted by Gasteiger charge is 2.21. The molecule has 4 aromatic rings. The molecule has 2 heterocycles. The molecular formula is C23H15BrN2O4S. The molecule has 4 rings (SSSR count). The Morgan fingerprint density at radius 2 is 1.94 bits per heavy atom. The number of halogens is 1. The first-order valence-corrected chi connectivity index (χ1v) is 10.7. The zero-order valence-corrected chi connectivity index (χ0v) is 18.9. The number of ether oxygens (including phenoxy) is 1. The largest absolute Gasteiger partial charge is 0.497 e. The van der Waals surface area contributed by atoms with Gasteiger partial charge in [0, 0.05) is 20.3 Å². The zero-order chi connectivity index (χ0) is 22.1. The maximum absolute atomic E-state index is 12.9. The lowest BCUT2D eigenvalue weighted by Crippen LogP contribution is -2.20. The van der Waals surface area contributed by atoms with E-state index < -0.39 is 11.5 Å². The number of anilines is 1. The highest BCUT2D eigenvalue weighted by atomic mass is 79.9. The lowest BCUT2D eigenvalue weighted by molar-refractivity contribution is 0.102. The molecular weight excluding hydrogens is 480 g/mol. The third-order valence-corrected chi connectivity index (χ3v) is 6.25. The Hall–Kier alpha value is -3.41. The van der Waals surface area contributed by atoms with Crippen LogP contribution in [0.4, 0.5) is 5.00 Å². The molecule has 31 heavy (non-hydrogen) atoms. The summed E-state index contributed by atoms with van der Waals surface area (Å²) in [6, 6.07) is 16.2. The Bertz CT molecular complexity index is 1410. The van der Waals surface area contributed by atoms with Crippen LogP contribution in [0, 0.1) is 18.3 Å². The number of nitriles is 1. The maximum Gasteiger partial charge on any atom is 0.349 e. The molecule has 0 unspecified atom stereocenters. The lowest BCUT2D eigenvalue weighted by Gasteiger charge is -2.06. The van der Waals surface area contributed by atoms with Crippen molar-refractivity contribution >= 4 is 49.1 Å². The number of fused-ring (bicyclic) bond motifs is 1. The quantitative estimate of drug-likeness (QED) is 0.366. The first kappa shape index (κ1) is 20.8. The fourth-order valence-electron chi connectivity index (χ4n) is 3.27. The van der Waals surface area contributed by atoms with Crippen molar-refractivity contribution < 1.29 is 13.9 Å². The number of thiophene rings is 1. The third-order valence-electron chi connectivity index (χ3n) is 4.74. The molecule has 0 fully saturated rings. The normalized spacial score (nSPS) is 10.6. The molecule has 1 N–H and O–H groups in total. The number of rotatable bonds is 4. The van der Waals surface area contributed by atoms with Gasteiger partial charge in [-0.3, -0.25) is 4.79 Å². The molecule has 6 nitrogen and oxygen atoms in total. The van der Waals surface area contributed by atoms with Crippen LogP contribution in [0.25, 0.3) is 22.1 Å². The molecule has 0 aliphatic carbocycles. The van der Waals surface area contributed by atoms with E-state index in [0.29, 0.717) is 27.3 Å². The molecule has 0 bridgehead atoms. The average Bonchev–Trinajstić information content (AvgIpc) is 3.08. The van der Waals surface area contributed by atoms with E-state index in [4.69, 9.17) is 9.15 Å². The number of benzene rings is 2. The number of methoxy groups -OCH3 is 1. The predicted octanol–water partition coefficient (Wildman–Crippen LogP) is 5.73. The molecule has 0 saturated carbocycles. The van der Waals surface area contributed by atoms with Crippen molar-refractivity contribution in [3.8, 4) is 22.9 Å². The van der Waals surface area contributed by atoms with Gasteiger partial charge in [-0.1, -0.05) is 28.1 Å². The van der Waals surface area contributed by atoms with Crippen LogP contribution >= 0.6 is 27.3 Å². The molecule has 8 heteroatoms. The minimum absolute atomic E-state index is 0.133. The molecule has 0 saturated heterocycles. The van der Waals surface area contributed by atoms with Crippen LogP contribution in [0.3, 0.4) is 0 Å². The van der Waals surface area contributed by atoms with Crippen molar-refractivity contribution in [2.75, 3.05) is 12.4 Å². The summed E-state index contributed by atoms with van der Waals surface area (Å²) in [4.78, 5) is 26.1. The van der Waals surface area contributed by atoms with Crippen molar-refractivity contribution in [1.82, 2.24) is 0 Å². The smallest absolute Gasteiger partial charge is 0.349 e. The number of aryl methyl sites for hydroxylation is 1. The van der Waals surface area contributed by atoms with Gasteiger partial charge in [0.1, 0.15) is 28.0 Å². The molecule has 0 radical (unpaired) electrons. The van der Waals surface area contributed by atoms with Gasteiger partial charge in [0.25, 0.3) is 5.91 Å². The number of nitrogens with one attached hydrogen (secondary N) is 1.